The Kier molecular flexibility index (Phi) is 5.39. The fourth-order valence-electron chi connectivity index (χ4n) is 3.03. The van der Waals surface area contributed by atoms with Crippen molar-refractivity contribution in [2.24, 2.45) is 0 Å². The number of nitrogens with one attached hydrogen (secondary N) is 3. The molecule has 8 nitrogen and oxygen atoms in total. The van der Waals surface area contributed by atoms with Crippen LogP contribution in [0.1, 0.15) is 69.2 Å². The van der Waals surface area contributed by atoms with Crippen LogP contribution in [-0.4, -0.2) is 33.0 Å². The first-order chi connectivity index (χ1) is 12.4. The minimum atomic E-state index is -0.104. The summed E-state index contributed by atoms with van der Waals surface area (Å²) < 4.78 is 5.60. The maximum atomic E-state index is 12.1. The number of aryl methyl sites for hydroxylation is 1. The van der Waals surface area contributed by atoms with Gasteiger partial charge in [0.25, 0.3) is 0 Å². The zero-order chi connectivity index (χ0) is 18.7. The Labute approximate surface area is 152 Å². The molecule has 0 unspecified atom stereocenters. The van der Waals surface area contributed by atoms with Gasteiger partial charge in [0.1, 0.15) is 11.6 Å². The Balaban J connectivity index is 1.43. The van der Waals surface area contributed by atoms with Crippen molar-refractivity contribution < 1.29 is 14.0 Å². The van der Waals surface area contributed by atoms with Crippen LogP contribution in [0.25, 0.3) is 0 Å². The largest absolute Gasteiger partial charge is 0.445 e. The molecule has 3 rings (SSSR count). The van der Waals surface area contributed by atoms with Crippen LogP contribution in [0.4, 0.5) is 5.82 Å². The second-order valence-electron chi connectivity index (χ2n) is 7.14. The number of H-pyrrole nitrogens is 1. The molecular formula is C18H25N5O3. The molecule has 0 bridgehead atoms. The molecule has 0 aromatic carbocycles. The molecule has 2 aromatic rings. The minimum absolute atomic E-state index is 0.00398. The molecule has 0 atom stereocenters. The predicted molar refractivity (Wildman–Crippen MR) is 95.7 cm³/mol. The molecule has 0 aliphatic heterocycles. The van der Waals surface area contributed by atoms with Crippen molar-refractivity contribution in [2.45, 2.75) is 64.3 Å². The first-order valence-electron chi connectivity index (χ1n) is 8.97. The van der Waals surface area contributed by atoms with E-state index in [-0.39, 0.29) is 23.8 Å². The van der Waals surface area contributed by atoms with E-state index in [1.807, 2.05) is 19.9 Å². The normalized spacial score (nSPS) is 19.2. The molecule has 0 spiro atoms. The van der Waals surface area contributed by atoms with Gasteiger partial charge in [-0.2, -0.15) is 5.10 Å². The summed E-state index contributed by atoms with van der Waals surface area (Å²) >= 11 is 0. The van der Waals surface area contributed by atoms with E-state index in [0.717, 1.165) is 18.5 Å². The van der Waals surface area contributed by atoms with E-state index >= 15 is 0 Å². The summed E-state index contributed by atoms with van der Waals surface area (Å²) in [5, 5.41) is 12.8. The summed E-state index contributed by atoms with van der Waals surface area (Å²) in [6.45, 7) is 5.55. The number of anilines is 1. The Hall–Kier alpha value is -2.64. The van der Waals surface area contributed by atoms with Gasteiger partial charge in [0, 0.05) is 43.7 Å². The van der Waals surface area contributed by atoms with Crippen molar-refractivity contribution in [3.8, 4) is 0 Å². The average molecular weight is 359 g/mol. The van der Waals surface area contributed by atoms with Crippen LogP contribution in [-0.2, 0) is 16.0 Å². The fraction of sp³-hybridized carbons (Fsp3) is 0.556. The highest BCUT2D eigenvalue weighted by atomic mass is 16.4. The summed E-state index contributed by atoms with van der Waals surface area (Å²) in [7, 11) is 0. The fourth-order valence-corrected chi connectivity index (χ4v) is 3.03. The first-order valence-corrected chi connectivity index (χ1v) is 8.97. The number of rotatable bonds is 7. The van der Waals surface area contributed by atoms with Crippen LogP contribution in [0, 0.1) is 0 Å². The second-order valence-corrected chi connectivity index (χ2v) is 7.14. The second kappa shape index (κ2) is 7.72. The summed E-state index contributed by atoms with van der Waals surface area (Å²) in [5.74, 6) is 2.44. The number of aromatic nitrogens is 3. The predicted octanol–water partition coefficient (Wildman–Crippen LogP) is 2.47. The van der Waals surface area contributed by atoms with Gasteiger partial charge in [-0.15, -0.1) is 0 Å². The SMILES string of the molecule is CC(=O)NC1CC(c2cc(NC(=O)CCc3cnc(C(C)C)o3)[nH]n2)C1. The summed E-state index contributed by atoms with van der Waals surface area (Å²) in [6, 6.07) is 2.09. The summed E-state index contributed by atoms with van der Waals surface area (Å²) in [6.07, 6.45) is 4.25. The number of amides is 2. The van der Waals surface area contributed by atoms with Gasteiger partial charge in [-0.25, -0.2) is 4.98 Å². The van der Waals surface area contributed by atoms with Crippen LogP contribution in [0.5, 0.6) is 0 Å². The molecule has 1 aliphatic rings. The number of hydrogen-bond donors (Lipinski definition) is 3. The third-order valence-corrected chi connectivity index (χ3v) is 4.50. The van der Waals surface area contributed by atoms with E-state index in [4.69, 9.17) is 4.42 Å². The molecule has 0 radical (unpaired) electrons. The van der Waals surface area contributed by atoms with Crippen molar-refractivity contribution in [2.75, 3.05) is 5.32 Å². The van der Waals surface area contributed by atoms with Gasteiger partial charge in [0.15, 0.2) is 5.89 Å². The Morgan fingerprint density at radius 2 is 2.15 bits per heavy atom. The highest BCUT2D eigenvalue weighted by Crippen LogP contribution is 2.36. The molecule has 2 amide bonds. The van der Waals surface area contributed by atoms with Gasteiger partial charge < -0.3 is 15.1 Å². The average Bonchev–Trinajstić information content (AvgIpc) is 3.17. The van der Waals surface area contributed by atoms with E-state index in [1.54, 1.807) is 6.20 Å². The van der Waals surface area contributed by atoms with Crippen molar-refractivity contribution in [3.05, 3.63) is 29.6 Å². The van der Waals surface area contributed by atoms with Gasteiger partial charge in [-0.3, -0.25) is 14.7 Å². The molecule has 1 aliphatic carbocycles. The quantitative estimate of drug-likeness (QED) is 0.703. The van der Waals surface area contributed by atoms with E-state index < -0.39 is 0 Å². The number of carbonyl (C=O) groups excluding carboxylic acids is 2. The van der Waals surface area contributed by atoms with Crippen molar-refractivity contribution >= 4 is 17.6 Å². The van der Waals surface area contributed by atoms with E-state index in [1.165, 1.54) is 6.92 Å². The number of hydrogen-bond acceptors (Lipinski definition) is 5. The van der Waals surface area contributed by atoms with Gasteiger partial charge in [0.05, 0.1) is 11.9 Å². The molecule has 3 N–H and O–H groups in total. The Bertz CT molecular complexity index is 773. The number of carbonyl (C=O) groups is 2. The standard InChI is InChI=1S/C18H25N5O3/c1-10(2)18-19-9-14(26-18)4-5-17(25)21-16-8-15(22-23-16)12-6-13(7-12)20-11(3)24/h8-10,12-13H,4-7H2,1-3H3,(H,20,24)(H2,21,22,23,25). The highest BCUT2D eigenvalue weighted by molar-refractivity contribution is 5.89. The highest BCUT2D eigenvalue weighted by Gasteiger charge is 2.32. The lowest BCUT2D eigenvalue weighted by molar-refractivity contribution is -0.120. The maximum Gasteiger partial charge on any atom is 0.225 e. The molecule has 140 valence electrons. The van der Waals surface area contributed by atoms with Crippen molar-refractivity contribution in [3.63, 3.8) is 0 Å². The molecular weight excluding hydrogens is 334 g/mol. The maximum absolute atomic E-state index is 12.1. The van der Waals surface area contributed by atoms with Crippen molar-refractivity contribution in [1.29, 1.82) is 0 Å². The number of nitrogens with zero attached hydrogens (tertiary/aromatic N) is 2. The van der Waals surface area contributed by atoms with Crippen LogP contribution in [0.15, 0.2) is 16.7 Å². The van der Waals surface area contributed by atoms with Crippen LogP contribution < -0.4 is 10.6 Å². The molecule has 0 saturated heterocycles. The Morgan fingerprint density at radius 1 is 1.38 bits per heavy atom. The lowest BCUT2D eigenvalue weighted by Crippen LogP contribution is -2.42. The van der Waals surface area contributed by atoms with Gasteiger partial charge in [-0.1, -0.05) is 13.8 Å². The summed E-state index contributed by atoms with van der Waals surface area (Å²) in [4.78, 5) is 27.3. The van der Waals surface area contributed by atoms with Crippen molar-refractivity contribution in [1.82, 2.24) is 20.5 Å². The lowest BCUT2D eigenvalue weighted by atomic mass is 9.78. The number of oxazole rings is 1. The van der Waals surface area contributed by atoms with E-state index in [9.17, 15) is 9.59 Å². The first kappa shape index (κ1) is 18.2. The molecule has 2 heterocycles. The van der Waals surface area contributed by atoms with Crippen LogP contribution in [0.3, 0.4) is 0 Å². The zero-order valence-electron chi connectivity index (χ0n) is 15.3. The van der Waals surface area contributed by atoms with Gasteiger partial charge in [-0.05, 0) is 12.8 Å². The summed E-state index contributed by atoms with van der Waals surface area (Å²) in [5.41, 5.74) is 0.915. The minimum Gasteiger partial charge on any atom is -0.445 e. The molecule has 8 heteroatoms. The topological polar surface area (TPSA) is 113 Å². The van der Waals surface area contributed by atoms with Crippen LogP contribution in [0.2, 0.25) is 0 Å². The zero-order valence-corrected chi connectivity index (χ0v) is 15.3. The Morgan fingerprint density at radius 3 is 2.81 bits per heavy atom. The smallest absolute Gasteiger partial charge is 0.225 e. The van der Waals surface area contributed by atoms with E-state index in [2.05, 4.69) is 25.8 Å². The number of aromatic amines is 1. The van der Waals surface area contributed by atoms with Gasteiger partial charge in [0.2, 0.25) is 11.8 Å². The van der Waals surface area contributed by atoms with Gasteiger partial charge >= 0.3 is 0 Å². The van der Waals surface area contributed by atoms with Crippen LogP contribution >= 0.6 is 0 Å². The molecule has 1 fully saturated rings. The molecule has 1 saturated carbocycles. The monoisotopic (exact) mass is 359 g/mol. The third-order valence-electron chi connectivity index (χ3n) is 4.50. The third kappa shape index (κ3) is 4.50. The molecule has 2 aromatic heterocycles. The van der Waals surface area contributed by atoms with E-state index in [0.29, 0.717) is 36.2 Å². The molecule has 26 heavy (non-hydrogen) atoms. The lowest BCUT2D eigenvalue weighted by Gasteiger charge is -2.34.